The third kappa shape index (κ3) is 1.69. The topological polar surface area (TPSA) is 0 Å². The van der Waals surface area contributed by atoms with Crippen LogP contribution >= 0.6 is 0 Å². The van der Waals surface area contributed by atoms with Crippen molar-refractivity contribution in [1.82, 2.24) is 0 Å². The molecule has 1 aliphatic carbocycles. The Bertz CT molecular complexity index is 645. The normalized spacial score (nSPS) is 13.4. The zero-order valence-corrected chi connectivity index (χ0v) is 11.1. The van der Waals surface area contributed by atoms with Gasteiger partial charge in [0, 0.05) is 6.42 Å². The predicted octanol–water partition coefficient (Wildman–Crippen LogP) is 4.61. The lowest BCUT2D eigenvalue weighted by Gasteiger charge is -2.12. The molecule has 0 unspecified atom stereocenters. The third-order valence-electron chi connectivity index (χ3n) is 3.81. The smallest absolute Gasteiger partial charge is 0.0138 e. The maximum absolute atomic E-state index is 2.31. The Morgan fingerprint density at radius 3 is 2.28 bits per heavy atom. The maximum Gasteiger partial charge on any atom is 0.0138 e. The van der Waals surface area contributed by atoms with Crippen molar-refractivity contribution in [2.24, 2.45) is 0 Å². The summed E-state index contributed by atoms with van der Waals surface area (Å²) in [5.41, 5.74) is 9.47. The molecule has 0 aromatic heterocycles. The molecule has 18 heavy (non-hydrogen) atoms. The Kier molecular flexibility index (Phi) is 2.59. The van der Waals surface area contributed by atoms with Crippen molar-refractivity contribution >= 4 is 5.57 Å². The van der Waals surface area contributed by atoms with E-state index in [0.717, 1.165) is 0 Å². The van der Waals surface area contributed by atoms with Crippen molar-refractivity contribution in [2.45, 2.75) is 20.8 Å². The van der Waals surface area contributed by atoms with Crippen molar-refractivity contribution in [3.63, 3.8) is 0 Å². The molecule has 0 amide bonds. The van der Waals surface area contributed by atoms with Crippen LogP contribution in [0, 0.1) is 27.2 Å². The van der Waals surface area contributed by atoms with Gasteiger partial charge in [-0.25, -0.2) is 0 Å². The molecule has 0 nitrogen and oxygen atoms in total. The molecule has 2 aromatic rings. The standard InChI is InChI=1S/C18H17/c1-12-10-14(3)18(11-13(12)2)17-9-8-15-6-4-5-7-16(15)17/h4-11H,1-3H3. The lowest BCUT2D eigenvalue weighted by Crippen LogP contribution is -1.93. The molecule has 0 aliphatic heterocycles. The first-order valence-corrected chi connectivity index (χ1v) is 6.39. The van der Waals surface area contributed by atoms with Crippen LogP contribution in [0.25, 0.3) is 5.57 Å². The second kappa shape index (κ2) is 4.13. The predicted molar refractivity (Wildman–Crippen MR) is 77.6 cm³/mol. The van der Waals surface area contributed by atoms with Gasteiger partial charge in [-0.2, -0.15) is 0 Å². The minimum absolute atomic E-state index is 1.32. The molecule has 0 saturated carbocycles. The summed E-state index contributed by atoms with van der Waals surface area (Å²) in [6.45, 7) is 6.56. The molecule has 89 valence electrons. The first kappa shape index (κ1) is 11.3. The highest BCUT2D eigenvalue weighted by Gasteiger charge is 2.16. The summed E-state index contributed by atoms with van der Waals surface area (Å²) in [5, 5.41) is 0. The van der Waals surface area contributed by atoms with Crippen LogP contribution in [0.4, 0.5) is 0 Å². The van der Waals surface area contributed by atoms with Gasteiger partial charge in [0.1, 0.15) is 0 Å². The Hall–Kier alpha value is -1.82. The average Bonchev–Trinajstić information content (AvgIpc) is 2.78. The Labute approximate surface area is 109 Å². The molecule has 0 bridgehead atoms. The summed E-state index contributed by atoms with van der Waals surface area (Å²) < 4.78 is 0. The number of rotatable bonds is 1. The first-order valence-electron chi connectivity index (χ1n) is 6.39. The molecule has 0 spiro atoms. The summed E-state index contributed by atoms with van der Waals surface area (Å²) >= 11 is 0. The lowest BCUT2D eigenvalue weighted by atomic mass is 9.92. The number of aryl methyl sites for hydroxylation is 3. The largest absolute Gasteiger partial charge is 0.0676 e. The van der Waals surface area contributed by atoms with Crippen LogP contribution in [0.3, 0.4) is 0 Å². The van der Waals surface area contributed by atoms with Crippen LogP contribution in [0.2, 0.25) is 0 Å². The number of allylic oxidation sites excluding steroid dienone is 1. The monoisotopic (exact) mass is 233 g/mol. The van der Waals surface area contributed by atoms with Crippen LogP contribution < -0.4 is 0 Å². The fourth-order valence-corrected chi connectivity index (χ4v) is 2.64. The molecule has 1 aliphatic rings. The van der Waals surface area contributed by atoms with E-state index < -0.39 is 0 Å². The van der Waals surface area contributed by atoms with Gasteiger partial charge in [-0.15, -0.1) is 0 Å². The molecule has 3 rings (SSSR count). The van der Waals surface area contributed by atoms with E-state index in [2.05, 4.69) is 69.7 Å². The maximum atomic E-state index is 2.31. The third-order valence-corrected chi connectivity index (χ3v) is 3.81. The van der Waals surface area contributed by atoms with E-state index in [0.29, 0.717) is 0 Å². The van der Waals surface area contributed by atoms with Gasteiger partial charge in [0.25, 0.3) is 0 Å². The fraction of sp³-hybridized carbons (Fsp3) is 0.167. The van der Waals surface area contributed by atoms with Gasteiger partial charge in [-0.3, -0.25) is 0 Å². The highest BCUT2D eigenvalue weighted by molar-refractivity contribution is 5.88. The highest BCUT2D eigenvalue weighted by atomic mass is 14.2. The quantitative estimate of drug-likeness (QED) is 0.674. The van der Waals surface area contributed by atoms with Gasteiger partial charge < -0.3 is 0 Å². The highest BCUT2D eigenvalue weighted by Crippen LogP contribution is 2.35. The minimum Gasteiger partial charge on any atom is -0.0676 e. The van der Waals surface area contributed by atoms with Gasteiger partial charge >= 0.3 is 0 Å². The molecule has 0 fully saturated rings. The van der Waals surface area contributed by atoms with Crippen molar-refractivity contribution in [1.29, 1.82) is 0 Å². The number of hydrogen-bond donors (Lipinski definition) is 0. The van der Waals surface area contributed by atoms with Crippen LogP contribution in [-0.2, 0) is 0 Å². The van der Waals surface area contributed by atoms with Crippen LogP contribution in [0.1, 0.15) is 33.4 Å². The Balaban J connectivity index is 2.16. The fourth-order valence-electron chi connectivity index (χ4n) is 2.64. The molecular formula is C18H17. The summed E-state index contributed by atoms with van der Waals surface area (Å²) in [4.78, 5) is 0. The lowest BCUT2D eigenvalue weighted by molar-refractivity contribution is 1.28. The summed E-state index contributed by atoms with van der Waals surface area (Å²) in [6.07, 6.45) is 4.45. The first-order chi connectivity index (χ1) is 8.66. The second-order valence-electron chi connectivity index (χ2n) is 5.09. The van der Waals surface area contributed by atoms with Gasteiger partial charge in [0.15, 0.2) is 0 Å². The Morgan fingerprint density at radius 1 is 0.722 bits per heavy atom. The molecule has 0 atom stereocenters. The van der Waals surface area contributed by atoms with Crippen LogP contribution in [-0.4, -0.2) is 0 Å². The Morgan fingerprint density at radius 2 is 1.44 bits per heavy atom. The number of hydrogen-bond acceptors (Lipinski definition) is 0. The number of fused-ring (bicyclic) bond motifs is 1. The average molecular weight is 233 g/mol. The van der Waals surface area contributed by atoms with E-state index in [1.54, 1.807) is 0 Å². The van der Waals surface area contributed by atoms with E-state index in [1.807, 2.05) is 0 Å². The zero-order valence-electron chi connectivity index (χ0n) is 11.1. The molecule has 0 heterocycles. The SMILES string of the molecule is Cc1cc(C)c(C2=C[CH]c3ccccc32)cc1C. The van der Waals surface area contributed by atoms with Crippen LogP contribution in [0.5, 0.6) is 0 Å². The van der Waals surface area contributed by atoms with E-state index in [4.69, 9.17) is 0 Å². The summed E-state index contributed by atoms with van der Waals surface area (Å²) in [6, 6.07) is 13.2. The van der Waals surface area contributed by atoms with Crippen molar-refractivity contribution in [2.75, 3.05) is 0 Å². The van der Waals surface area contributed by atoms with Crippen LogP contribution in [0.15, 0.2) is 42.5 Å². The summed E-state index contributed by atoms with van der Waals surface area (Å²) in [5.74, 6) is 0. The molecule has 2 aromatic carbocycles. The molecule has 0 saturated heterocycles. The van der Waals surface area contributed by atoms with Gasteiger partial charge in [-0.1, -0.05) is 42.5 Å². The molecule has 0 heteroatoms. The number of benzene rings is 2. The van der Waals surface area contributed by atoms with Crippen molar-refractivity contribution in [3.8, 4) is 0 Å². The molecule has 0 N–H and O–H groups in total. The zero-order chi connectivity index (χ0) is 12.7. The van der Waals surface area contributed by atoms with Crippen molar-refractivity contribution in [3.05, 3.63) is 82.3 Å². The molecule has 1 radical (unpaired) electrons. The summed E-state index contributed by atoms with van der Waals surface area (Å²) in [7, 11) is 0. The van der Waals surface area contributed by atoms with E-state index >= 15 is 0 Å². The molecular weight excluding hydrogens is 216 g/mol. The van der Waals surface area contributed by atoms with Gasteiger partial charge in [-0.05, 0) is 59.7 Å². The van der Waals surface area contributed by atoms with Gasteiger partial charge in [0.2, 0.25) is 0 Å². The van der Waals surface area contributed by atoms with E-state index in [9.17, 15) is 0 Å². The van der Waals surface area contributed by atoms with E-state index in [-0.39, 0.29) is 0 Å². The van der Waals surface area contributed by atoms with E-state index in [1.165, 1.54) is 39.0 Å². The van der Waals surface area contributed by atoms with Crippen molar-refractivity contribution < 1.29 is 0 Å². The minimum atomic E-state index is 1.32. The van der Waals surface area contributed by atoms with Gasteiger partial charge in [0.05, 0.1) is 0 Å². The second-order valence-corrected chi connectivity index (χ2v) is 5.09.